The van der Waals surface area contributed by atoms with Gasteiger partial charge in [-0.2, -0.15) is 0 Å². The number of benzene rings is 1. The van der Waals surface area contributed by atoms with Gasteiger partial charge >= 0.3 is 0 Å². The Balaban J connectivity index is 0.00000289. The second-order valence-corrected chi connectivity index (χ2v) is 4.21. The van der Waals surface area contributed by atoms with Gasteiger partial charge in [0.25, 0.3) is 0 Å². The lowest BCUT2D eigenvalue weighted by Gasteiger charge is -2.14. The third-order valence-corrected chi connectivity index (χ3v) is 2.92. The van der Waals surface area contributed by atoms with Crippen molar-refractivity contribution in [2.24, 2.45) is 5.73 Å². The Bertz CT molecular complexity index is 425. The molecule has 0 heterocycles. The Hall–Kier alpha value is -0.970. The Kier molecular flexibility index (Phi) is 7.06. The number of carbonyl (C=O) groups excluding carboxylic acids is 1. The van der Waals surface area contributed by atoms with E-state index in [2.05, 4.69) is 5.32 Å². The number of nitrogens with two attached hydrogens (primary N) is 1. The van der Waals surface area contributed by atoms with Crippen molar-refractivity contribution < 1.29 is 9.53 Å². The summed E-state index contributed by atoms with van der Waals surface area (Å²) in [6, 6.07) is 2.92. The van der Waals surface area contributed by atoms with E-state index < -0.39 is 6.04 Å². The fourth-order valence-electron chi connectivity index (χ4n) is 1.34. The van der Waals surface area contributed by atoms with Crippen LogP contribution in [0.4, 0.5) is 5.69 Å². The number of hydrogen-bond acceptors (Lipinski definition) is 3. The van der Waals surface area contributed by atoms with Gasteiger partial charge in [0.15, 0.2) is 0 Å². The number of amides is 1. The smallest absolute Gasteiger partial charge is 0.241 e. The minimum absolute atomic E-state index is 0. The molecule has 1 amide bonds. The molecule has 1 rings (SSSR count). The van der Waals surface area contributed by atoms with Crippen LogP contribution in [0.5, 0.6) is 5.75 Å². The molecule has 102 valence electrons. The predicted octanol–water partition coefficient (Wildman–Crippen LogP) is 2.75. The molecule has 0 radical (unpaired) electrons. The number of anilines is 1. The van der Waals surface area contributed by atoms with E-state index >= 15 is 0 Å². The van der Waals surface area contributed by atoms with Crippen molar-refractivity contribution in [1.82, 2.24) is 0 Å². The van der Waals surface area contributed by atoms with E-state index in [0.29, 0.717) is 22.9 Å². The lowest BCUT2D eigenvalue weighted by Crippen LogP contribution is -2.34. The minimum Gasteiger partial charge on any atom is -0.495 e. The van der Waals surface area contributed by atoms with Gasteiger partial charge < -0.3 is 15.8 Å². The van der Waals surface area contributed by atoms with E-state index in [1.807, 2.05) is 13.8 Å². The van der Waals surface area contributed by atoms with Crippen molar-refractivity contribution in [3.8, 4) is 5.75 Å². The molecule has 1 aromatic carbocycles. The van der Waals surface area contributed by atoms with Gasteiger partial charge in [0.05, 0.1) is 18.8 Å². The van der Waals surface area contributed by atoms with Crippen molar-refractivity contribution in [1.29, 1.82) is 0 Å². The highest BCUT2D eigenvalue weighted by Gasteiger charge is 2.14. The van der Waals surface area contributed by atoms with Crippen molar-refractivity contribution >= 4 is 35.6 Å². The molecule has 18 heavy (non-hydrogen) atoms. The van der Waals surface area contributed by atoms with E-state index in [-0.39, 0.29) is 18.3 Å². The molecule has 0 aliphatic carbocycles. The number of nitrogens with one attached hydrogen (secondary N) is 1. The van der Waals surface area contributed by atoms with Crippen LogP contribution in [-0.4, -0.2) is 19.1 Å². The molecule has 0 aliphatic rings. The molecule has 3 N–H and O–H groups in total. The average Bonchev–Trinajstić information content (AvgIpc) is 2.32. The topological polar surface area (TPSA) is 64.4 Å². The van der Waals surface area contributed by atoms with Crippen LogP contribution >= 0.6 is 24.0 Å². The first kappa shape index (κ1) is 17.0. The summed E-state index contributed by atoms with van der Waals surface area (Å²) in [4.78, 5) is 11.7. The van der Waals surface area contributed by atoms with Crippen LogP contribution in [0.15, 0.2) is 12.1 Å². The number of halogens is 2. The third-order valence-electron chi connectivity index (χ3n) is 2.52. The summed E-state index contributed by atoms with van der Waals surface area (Å²) < 4.78 is 5.16. The maximum atomic E-state index is 11.7. The Labute approximate surface area is 118 Å². The summed E-state index contributed by atoms with van der Waals surface area (Å²) in [6.45, 7) is 3.71. The zero-order valence-electron chi connectivity index (χ0n) is 10.6. The fourth-order valence-corrected chi connectivity index (χ4v) is 1.49. The van der Waals surface area contributed by atoms with Crippen LogP contribution in [0.1, 0.15) is 18.9 Å². The summed E-state index contributed by atoms with van der Waals surface area (Å²) >= 11 is 5.97. The maximum Gasteiger partial charge on any atom is 0.241 e. The number of carbonyl (C=O) groups is 1. The van der Waals surface area contributed by atoms with Crippen molar-refractivity contribution in [3.63, 3.8) is 0 Å². The first-order valence-electron chi connectivity index (χ1n) is 5.40. The summed E-state index contributed by atoms with van der Waals surface area (Å²) in [5, 5.41) is 3.33. The molecule has 1 atom stereocenters. The van der Waals surface area contributed by atoms with Gasteiger partial charge in [0.2, 0.25) is 5.91 Å². The van der Waals surface area contributed by atoms with Gasteiger partial charge in [-0.1, -0.05) is 18.5 Å². The van der Waals surface area contributed by atoms with Gasteiger partial charge in [0, 0.05) is 11.1 Å². The molecule has 0 aliphatic heterocycles. The quantitative estimate of drug-likeness (QED) is 0.897. The molecule has 0 unspecified atom stereocenters. The van der Waals surface area contributed by atoms with Crippen molar-refractivity contribution in [2.75, 3.05) is 12.4 Å². The molecule has 0 spiro atoms. The van der Waals surface area contributed by atoms with E-state index in [1.165, 1.54) is 7.11 Å². The van der Waals surface area contributed by atoms with Crippen molar-refractivity contribution in [3.05, 3.63) is 22.7 Å². The molecular formula is C12H18Cl2N2O2. The maximum absolute atomic E-state index is 11.7. The zero-order chi connectivity index (χ0) is 13.0. The highest BCUT2D eigenvalue weighted by atomic mass is 35.5. The van der Waals surface area contributed by atoms with Gasteiger partial charge in [-0.05, 0) is 25.0 Å². The van der Waals surface area contributed by atoms with E-state index in [1.54, 1.807) is 12.1 Å². The first-order valence-corrected chi connectivity index (χ1v) is 5.78. The summed E-state index contributed by atoms with van der Waals surface area (Å²) in [5.41, 5.74) is 7.10. The number of methoxy groups -OCH3 is 1. The molecule has 6 heteroatoms. The summed E-state index contributed by atoms with van der Waals surface area (Å²) in [7, 11) is 1.52. The van der Waals surface area contributed by atoms with E-state index in [9.17, 15) is 4.79 Å². The van der Waals surface area contributed by atoms with Gasteiger partial charge in [-0.3, -0.25) is 4.79 Å². The molecule has 0 bridgehead atoms. The van der Waals surface area contributed by atoms with E-state index in [4.69, 9.17) is 22.1 Å². The van der Waals surface area contributed by atoms with Crippen LogP contribution in [0, 0.1) is 6.92 Å². The SMILES string of the molecule is CC[C@H](N)C(=O)Nc1cc(C)c(Cl)cc1OC.Cl. The molecule has 0 saturated carbocycles. The Morgan fingerprint density at radius 2 is 2.17 bits per heavy atom. The number of rotatable bonds is 4. The third kappa shape index (κ3) is 4.05. The lowest BCUT2D eigenvalue weighted by molar-refractivity contribution is -0.117. The lowest BCUT2D eigenvalue weighted by atomic mass is 10.2. The second kappa shape index (κ2) is 7.46. The van der Waals surface area contributed by atoms with Crippen LogP contribution in [0.25, 0.3) is 0 Å². The molecular weight excluding hydrogens is 275 g/mol. The standard InChI is InChI=1S/C12H17ClN2O2.ClH/c1-4-9(14)12(16)15-10-5-7(2)8(13)6-11(10)17-3;/h5-6,9H,4,14H2,1-3H3,(H,15,16);1H/t9-;/m0./s1. The molecule has 1 aromatic rings. The van der Waals surface area contributed by atoms with Crippen LogP contribution in [-0.2, 0) is 4.79 Å². The second-order valence-electron chi connectivity index (χ2n) is 3.81. The zero-order valence-corrected chi connectivity index (χ0v) is 12.2. The van der Waals surface area contributed by atoms with Crippen LogP contribution in [0.3, 0.4) is 0 Å². The largest absolute Gasteiger partial charge is 0.495 e. The van der Waals surface area contributed by atoms with Crippen LogP contribution in [0.2, 0.25) is 5.02 Å². The number of aryl methyl sites for hydroxylation is 1. The summed E-state index contributed by atoms with van der Waals surface area (Å²) in [6.07, 6.45) is 0.584. The number of ether oxygens (including phenoxy) is 1. The highest BCUT2D eigenvalue weighted by molar-refractivity contribution is 6.31. The normalized spacial score (nSPS) is 11.4. The monoisotopic (exact) mass is 292 g/mol. The molecule has 0 saturated heterocycles. The van der Waals surface area contributed by atoms with Gasteiger partial charge in [0.1, 0.15) is 5.75 Å². The predicted molar refractivity (Wildman–Crippen MR) is 76.9 cm³/mol. The fraction of sp³-hybridized carbons (Fsp3) is 0.417. The molecule has 0 aromatic heterocycles. The first-order chi connectivity index (χ1) is 7.99. The average molecular weight is 293 g/mol. The minimum atomic E-state index is -0.518. The van der Waals surface area contributed by atoms with Crippen LogP contribution < -0.4 is 15.8 Å². The van der Waals surface area contributed by atoms with E-state index in [0.717, 1.165) is 5.56 Å². The Morgan fingerprint density at radius 3 is 2.67 bits per heavy atom. The summed E-state index contributed by atoms with van der Waals surface area (Å²) in [5.74, 6) is 0.296. The Morgan fingerprint density at radius 1 is 1.56 bits per heavy atom. The highest BCUT2D eigenvalue weighted by Crippen LogP contribution is 2.30. The molecule has 0 fully saturated rings. The molecule has 4 nitrogen and oxygen atoms in total. The van der Waals surface area contributed by atoms with Gasteiger partial charge in [-0.25, -0.2) is 0 Å². The van der Waals surface area contributed by atoms with Gasteiger partial charge in [-0.15, -0.1) is 12.4 Å². The van der Waals surface area contributed by atoms with Crippen molar-refractivity contribution in [2.45, 2.75) is 26.3 Å². The number of hydrogen-bond donors (Lipinski definition) is 2.